The van der Waals surface area contributed by atoms with E-state index in [-0.39, 0.29) is 43.8 Å². The highest BCUT2D eigenvalue weighted by atomic mass is 32.2. The van der Waals surface area contributed by atoms with Crippen LogP contribution in [0.2, 0.25) is 0 Å². The standard InChI is InChI=1S/C28H39N3O6S/c1-6-21(3)29-28(33)22(4)30(19-23-11-9-20(2)10-12-23)27(32)8-7-15-31(38(5,34)35)24-13-14-25-26(18-24)37-17-16-36-25/h9-14,18,21-22H,6-8,15-17,19H2,1-5H3,(H,29,33)/t21-,22+/m0/s1. The van der Waals surface area contributed by atoms with Crippen molar-refractivity contribution in [1.82, 2.24) is 10.2 Å². The molecule has 9 nitrogen and oxygen atoms in total. The first-order chi connectivity index (χ1) is 18.0. The Bertz CT molecular complexity index is 1220. The Morgan fingerprint density at radius 3 is 2.32 bits per heavy atom. The summed E-state index contributed by atoms with van der Waals surface area (Å²) >= 11 is 0. The number of nitrogens with one attached hydrogen (secondary N) is 1. The molecule has 0 spiro atoms. The molecule has 10 heteroatoms. The molecular weight excluding hydrogens is 506 g/mol. The highest BCUT2D eigenvalue weighted by Gasteiger charge is 2.27. The Kier molecular flexibility index (Phi) is 10.0. The molecule has 0 saturated heterocycles. The highest BCUT2D eigenvalue weighted by Crippen LogP contribution is 2.34. The van der Waals surface area contributed by atoms with Crippen LogP contribution in [0.25, 0.3) is 0 Å². The summed E-state index contributed by atoms with van der Waals surface area (Å²) < 4.78 is 37.6. The number of hydrogen-bond acceptors (Lipinski definition) is 6. The number of ether oxygens (including phenoxy) is 2. The third-order valence-electron chi connectivity index (χ3n) is 6.61. The quantitative estimate of drug-likeness (QED) is 0.437. The normalized spacial score (nSPS) is 14.3. The summed E-state index contributed by atoms with van der Waals surface area (Å²) in [6.07, 6.45) is 2.29. The van der Waals surface area contributed by atoms with Crippen molar-refractivity contribution in [1.29, 1.82) is 0 Å². The molecule has 2 atom stereocenters. The number of amides is 2. The second-order valence-electron chi connectivity index (χ2n) is 9.77. The fourth-order valence-electron chi connectivity index (χ4n) is 4.13. The van der Waals surface area contributed by atoms with Crippen molar-refractivity contribution in [2.75, 3.05) is 30.3 Å². The van der Waals surface area contributed by atoms with Gasteiger partial charge in [0.1, 0.15) is 19.3 Å². The number of anilines is 1. The molecule has 1 N–H and O–H groups in total. The molecule has 0 fully saturated rings. The van der Waals surface area contributed by atoms with Crippen molar-refractivity contribution in [3.05, 3.63) is 53.6 Å². The van der Waals surface area contributed by atoms with Gasteiger partial charge in [-0.2, -0.15) is 0 Å². The maximum atomic E-state index is 13.4. The number of carbonyl (C=O) groups excluding carboxylic acids is 2. The molecule has 0 unspecified atom stereocenters. The molecule has 1 aliphatic rings. The highest BCUT2D eigenvalue weighted by molar-refractivity contribution is 7.92. The van der Waals surface area contributed by atoms with Gasteiger partial charge in [-0.15, -0.1) is 0 Å². The van der Waals surface area contributed by atoms with Crippen molar-refractivity contribution in [3.8, 4) is 11.5 Å². The van der Waals surface area contributed by atoms with Gasteiger partial charge in [0, 0.05) is 31.6 Å². The molecule has 2 aromatic rings. The van der Waals surface area contributed by atoms with Crippen LogP contribution in [-0.2, 0) is 26.2 Å². The number of aryl methyl sites for hydroxylation is 1. The minimum absolute atomic E-state index is 0.00408. The van der Waals surface area contributed by atoms with Gasteiger partial charge in [0.15, 0.2) is 11.5 Å². The minimum atomic E-state index is -3.61. The molecule has 0 aromatic heterocycles. The van der Waals surface area contributed by atoms with E-state index in [0.29, 0.717) is 30.4 Å². The van der Waals surface area contributed by atoms with Crippen LogP contribution in [0.15, 0.2) is 42.5 Å². The summed E-state index contributed by atoms with van der Waals surface area (Å²) in [5, 5.41) is 2.96. The van der Waals surface area contributed by atoms with Crippen LogP contribution in [0.1, 0.15) is 51.2 Å². The molecular formula is C28H39N3O6S. The molecule has 38 heavy (non-hydrogen) atoms. The fourth-order valence-corrected chi connectivity index (χ4v) is 5.09. The molecule has 1 aliphatic heterocycles. The molecule has 0 bridgehead atoms. The van der Waals surface area contributed by atoms with Gasteiger partial charge in [0.2, 0.25) is 21.8 Å². The Morgan fingerprint density at radius 2 is 1.68 bits per heavy atom. The number of nitrogens with zero attached hydrogens (tertiary/aromatic N) is 2. The molecule has 1 heterocycles. The summed E-state index contributed by atoms with van der Waals surface area (Å²) in [4.78, 5) is 27.9. The van der Waals surface area contributed by atoms with Crippen LogP contribution in [-0.4, -0.2) is 63.2 Å². The van der Waals surface area contributed by atoms with Gasteiger partial charge < -0.3 is 19.7 Å². The fraction of sp³-hybridized carbons (Fsp3) is 0.500. The van der Waals surface area contributed by atoms with Crippen LogP contribution in [0, 0.1) is 6.92 Å². The van der Waals surface area contributed by atoms with E-state index in [1.807, 2.05) is 45.0 Å². The topological polar surface area (TPSA) is 105 Å². The van der Waals surface area contributed by atoms with Crippen LogP contribution in [0.5, 0.6) is 11.5 Å². The number of hydrogen-bond donors (Lipinski definition) is 1. The zero-order chi connectivity index (χ0) is 27.9. The van der Waals surface area contributed by atoms with Crippen LogP contribution in [0.3, 0.4) is 0 Å². The maximum Gasteiger partial charge on any atom is 0.242 e. The first-order valence-corrected chi connectivity index (χ1v) is 14.9. The molecule has 2 amide bonds. The SMILES string of the molecule is CC[C@H](C)NC(=O)[C@@H](C)N(Cc1ccc(C)cc1)C(=O)CCCN(c1ccc2c(c1)OCCO2)S(C)(=O)=O. The molecule has 0 radical (unpaired) electrons. The third kappa shape index (κ3) is 7.86. The summed E-state index contributed by atoms with van der Waals surface area (Å²) in [7, 11) is -3.61. The molecule has 2 aromatic carbocycles. The van der Waals surface area contributed by atoms with Crippen molar-refractivity contribution in [3.63, 3.8) is 0 Å². The van der Waals surface area contributed by atoms with E-state index in [1.54, 1.807) is 30.0 Å². The summed E-state index contributed by atoms with van der Waals surface area (Å²) in [5.74, 6) is 0.630. The van der Waals surface area contributed by atoms with Crippen molar-refractivity contribution in [2.24, 2.45) is 0 Å². The largest absolute Gasteiger partial charge is 0.486 e. The Hall–Kier alpha value is -3.27. The van der Waals surface area contributed by atoms with Gasteiger partial charge in [0.05, 0.1) is 11.9 Å². The van der Waals surface area contributed by atoms with Gasteiger partial charge in [-0.3, -0.25) is 13.9 Å². The smallest absolute Gasteiger partial charge is 0.242 e. The third-order valence-corrected chi connectivity index (χ3v) is 7.80. The zero-order valence-corrected chi connectivity index (χ0v) is 23.7. The maximum absolute atomic E-state index is 13.4. The van der Waals surface area contributed by atoms with Crippen molar-refractivity contribution >= 4 is 27.5 Å². The average Bonchev–Trinajstić information content (AvgIpc) is 2.89. The first kappa shape index (κ1) is 29.3. The summed E-state index contributed by atoms with van der Waals surface area (Å²) in [6, 6.07) is 12.2. The monoisotopic (exact) mass is 545 g/mol. The van der Waals surface area contributed by atoms with Gasteiger partial charge in [-0.1, -0.05) is 36.8 Å². The predicted octanol–water partition coefficient (Wildman–Crippen LogP) is 3.64. The van der Waals surface area contributed by atoms with Crippen molar-refractivity contribution in [2.45, 2.75) is 65.6 Å². The van der Waals surface area contributed by atoms with Crippen LogP contribution in [0.4, 0.5) is 5.69 Å². The number of fused-ring (bicyclic) bond motifs is 1. The predicted molar refractivity (Wildman–Crippen MR) is 148 cm³/mol. The lowest BCUT2D eigenvalue weighted by molar-refractivity contribution is -0.140. The molecule has 0 aliphatic carbocycles. The molecule has 0 saturated carbocycles. The second kappa shape index (κ2) is 13.0. The van der Waals surface area contributed by atoms with E-state index in [9.17, 15) is 18.0 Å². The Morgan fingerprint density at radius 1 is 1.03 bits per heavy atom. The van der Waals surface area contributed by atoms with Crippen LogP contribution >= 0.6 is 0 Å². The number of sulfonamides is 1. The Balaban J connectivity index is 1.73. The van der Waals surface area contributed by atoms with E-state index in [0.717, 1.165) is 23.8 Å². The minimum Gasteiger partial charge on any atom is -0.486 e. The van der Waals surface area contributed by atoms with E-state index < -0.39 is 16.1 Å². The molecule has 208 valence electrons. The Labute approximate surface area is 226 Å². The van der Waals surface area contributed by atoms with E-state index in [1.165, 1.54) is 4.31 Å². The lowest BCUT2D eigenvalue weighted by Gasteiger charge is -2.30. The van der Waals surface area contributed by atoms with Gasteiger partial charge >= 0.3 is 0 Å². The average molecular weight is 546 g/mol. The number of benzene rings is 2. The summed E-state index contributed by atoms with van der Waals surface area (Å²) in [5.41, 5.74) is 2.47. The zero-order valence-electron chi connectivity index (χ0n) is 22.9. The van der Waals surface area contributed by atoms with Gasteiger partial charge in [-0.25, -0.2) is 8.42 Å². The van der Waals surface area contributed by atoms with Crippen LogP contribution < -0.4 is 19.1 Å². The number of carbonyl (C=O) groups is 2. The van der Waals surface area contributed by atoms with E-state index in [2.05, 4.69) is 5.32 Å². The molecule has 3 rings (SSSR count). The lowest BCUT2D eigenvalue weighted by Crippen LogP contribution is -2.49. The van der Waals surface area contributed by atoms with Gasteiger partial charge in [0.25, 0.3) is 0 Å². The van der Waals surface area contributed by atoms with Gasteiger partial charge in [-0.05, 0) is 51.3 Å². The first-order valence-electron chi connectivity index (χ1n) is 13.0. The van der Waals surface area contributed by atoms with E-state index >= 15 is 0 Å². The number of rotatable bonds is 12. The van der Waals surface area contributed by atoms with Crippen molar-refractivity contribution < 1.29 is 27.5 Å². The second-order valence-corrected chi connectivity index (χ2v) is 11.7. The summed E-state index contributed by atoms with van der Waals surface area (Å²) in [6.45, 7) is 8.85. The van der Waals surface area contributed by atoms with E-state index in [4.69, 9.17) is 9.47 Å². The lowest BCUT2D eigenvalue weighted by atomic mass is 10.1.